The van der Waals surface area contributed by atoms with E-state index in [0.29, 0.717) is 39.8 Å². The number of nitrogens with zero attached hydrogens (tertiary/aromatic N) is 2. The van der Waals surface area contributed by atoms with Gasteiger partial charge in [-0.2, -0.15) is 0 Å². The maximum absolute atomic E-state index is 10.7. The van der Waals surface area contributed by atoms with Gasteiger partial charge in [-0.3, -0.25) is 9.27 Å². The van der Waals surface area contributed by atoms with E-state index in [-0.39, 0.29) is 0 Å². The number of hydrogen-bond donors (Lipinski definition) is 2. The van der Waals surface area contributed by atoms with E-state index >= 15 is 0 Å². The lowest BCUT2D eigenvalue weighted by molar-refractivity contribution is 0.355. The number of fused-ring (bicyclic) bond motifs is 1. The van der Waals surface area contributed by atoms with Crippen LogP contribution in [0.4, 0.5) is 5.69 Å². The summed E-state index contributed by atoms with van der Waals surface area (Å²) in [7, 11) is 3.10. The van der Waals surface area contributed by atoms with E-state index in [1.807, 2.05) is 0 Å². The topological polar surface area (TPSA) is 103 Å². The fourth-order valence-corrected chi connectivity index (χ4v) is 2.52. The molecule has 0 saturated heterocycles. The molecule has 0 aliphatic rings. The molecular formula is C16H15N3O5S. The van der Waals surface area contributed by atoms with Crippen molar-refractivity contribution >= 4 is 28.0 Å². The molecule has 1 aromatic heterocycles. The molecule has 0 fully saturated rings. The summed E-state index contributed by atoms with van der Waals surface area (Å²) >= 11 is -2.12. The van der Waals surface area contributed by atoms with Crippen molar-refractivity contribution < 1.29 is 23.0 Å². The largest absolute Gasteiger partial charge is 0.493 e. The van der Waals surface area contributed by atoms with Crippen molar-refractivity contribution in [3.8, 4) is 23.1 Å². The minimum atomic E-state index is -2.12. The fraction of sp³-hybridized carbons (Fsp3) is 0.125. The predicted molar refractivity (Wildman–Crippen MR) is 93.6 cm³/mol. The Morgan fingerprint density at radius 3 is 2.28 bits per heavy atom. The average molecular weight is 361 g/mol. The normalized spacial score (nSPS) is 11.8. The second-order valence-electron chi connectivity index (χ2n) is 4.88. The van der Waals surface area contributed by atoms with E-state index in [0.717, 1.165) is 0 Å². The molecule has 1 atom stereocenters. The first-order valence-electron chi connectivity index (χ1n) is 7.13. The highest BCUT2D eigenvalue weighted by molar-refractivity contribution is 7.80. The van der Waals surface area contributed by atoms with Crippen LogP contribution in [0.1, 0.15) is 0 Å². The van der Waals surface area contributed by atoms with Crippen LogP contribution in [0.15, 0.2) is 42.6 Å². The number of aromatic nitrogens is 2. The van der Waals surface area contributed by atoms with Crippen LogP contribution >= 0.6 is 0 Å². The minimum absolute atomic E-state index is 0.311. The molecule has 25 heavy (non-hydrogen) atoms. The maximum atomic E-state index is 10.7. The summed E-state index contributed by atoms with van der Waals surface area (Å²) in [5, 5.41) is 0. The molecule has 1 unspecified atom stereocenters. The van der Waals surface area contributed by atoms with Crippen LogP contribution in [0.2, 0.25) is 0 Å². The molecule has 1 heterocycles. The van der Waals surface area contributed by atoms with Crippen molar-refractivity contribution in [2.24, 2.45) is 0 Å². The van der Waals surface area contributed by atoms with E-state index in [1.165, 1.54) is 6.20 Å². The van der Waals surface area contributed by atoms with Gasteiger partial charge < -0.3 is 14.2 Å². The molecular weight excluding hydrogens is 346 g/mol. The molecule has 0 bridgehead atoms. The van der Waals surface area contributed by atoms with Crippen LogP contribution in [0, 0.1) is 0 Å². The number of hydrogen-bond acceptors (Lipinski definition) is 6. The molecule has 0 spiro atoms. The summed E-state index contributed by atoms with van der Waals surface area (Å²) in [5.41, 5.74) is 1.74. The fourth-order valence-electron chi connectivity index (χ4n) is 2.18. The van der Waals surface area contributed by atoms with Crippen molar-refractivity contribution in [1.82, 2.24) is 9.97 Å². The van der Waals surface area contributed by atoms with Crippen molar-refractivity contribution in [3.05, 3.63) is 42.6 Å². The Morgan fingerprint density at radius 2 is 1.68 bits per heavy atom. The number of benzene rings is 2. The zero-order valence-corrected chi connectivity index (χ0v) is 14.2. The lowest BCUT2D eigenvalue weighted by Crippen LogP contribution is -2.01. The van der Waals surface area contributed by atoms with Gasteiger partial charge in [0.25, 0.3) is 11.3 Å². The number of anilines is 1. The van der Waals surface area contributed by atoms with Gasteiger partial charge in [0.2, 0.25) is 5.88 Å². The number of ether oxygens (including phenoxy) is 3. The third-order valence-corrected chi connectivity index (χ3v) is 3.72. The Hall–Kier alpha value is -2.91. The van der Waals surface area contributed by atoms with Crippen molar-refractivity contribution in [1.29, 1.82) is 0 Å². The molecule has 0 aliphatic carbocycles. The van der Waals surface area contributed by atoms with Crippen LogP contribution in [0.3, 0.4) is 0 Å². The summed E-state index contributed by atoms with van der Waals surface area (Å²) < 4.78 is 38.0. The average Bonchev–Trinajstić information content (AvgIpc) is 2.61. The Balaban J connectivity index is 1.85. The summed E-state index contributed by atoms with van der Waals surface area (Å²) in [6, 6.07) is 9.99. The van der Waals surface area contributed by atoms with Crippen LogP contribution in [-0.4, -0.2) is 32.9 Å². The molecule has 0 radical (unpaired) electrons. The molecule has 8 nitrogen and oxygen atoms in total. The van der Waals surface area contributed by atoms with E-state index in [9.17, 15) is 4.21 Å². The summed E-state index contributed by atoms with van der Waals surface area (Å²) in [5.74, 6) is 1.95. The summed E-state index contributed by atoms with van der Waals surface area (Å²) in [4.78, 5) is 8.71. The predicted octanol–water partition coefficient (Wildman–Crippen LogP) is 2.99. The molecule has 3 aromatic rings. The Bertz CT molecular complexity index is 918. The molecule has 0 amide bonds. The molecule has 2 N–H and O–H groups in total. The van der Waals surface area contributed by atoms with Crippen molar-refractivity contribution in [2.45, 2.75) is 0 Å². The molecule has 2 aromatic carbocycles. The third-order valence-electron chi connectivity index (χ3n) is 3.31. The van der Waals surface area contributed by atoms with Gasteiger partial charge in [-0.1, -0.05) is 0 Å². The molecule has 130 valence electrons. The van der Waals surface area contributed by atoms with Gasteiger partial charge in [0.05, 0.1) is 31.4 Å². The van der Waals surface area contributed by atoms with Gasteiger partial charge in [-0.25, -0.2) is 14.2 Å². The zero-order valence-electron chi connectivity index (χ0n) is 13.4. The second kappa shape index (κ2) is 7.32. The third kappa shape index (κ3) is 3.95. The highest BCUT2D eigenvalue weighted by Gasteiger charge is 2.09. The van der Waals surface area contributed by atoms with E-state index in [4.69, 9.17) is 18.8 Å². The lowest BCUT2D eigenvalue weighted by atomic mass is 10.2. The van der Waals surface area contributed by atoms with Gasteiger partial charge in [-0.05, 0) is 24.3 Å². The Kier molecular flexibility index (Phi) is 4.96. The van der Waals surface area contributed by atoms with Crippen LogP contribution in [-0.2, 0) is 11.3 Å². The highest BCUT2D eigenvalue weighted by Crippen LogP contribution is 2.31. The van der Waals surface area contributed by atoms with Crippen LogP contribution in [0.25, 0.3) is 11.0 Å². The van der Waals surface area contributed by atoms with Crippen molar-refractivity contribution in [2.75, 3.05) is 18.9 Å². The van der Waals surface area contributed by atoms with Gasteiger partial charge in [0.15, 0.2) is 11.5 Å². The second-order valence-corrected chi connectivity index (χ2v) is 5.58. The van der Waals surface area contributed by atoms with E-state index in [1.54, 1.807) is 50.6 Å². The van der Waals surface area contributed by atoms with Gasteiger partial charge in [0.1, 0.15) is 5.75 Å². The Morgan fingerprint density at radius 1 is 1.04 bits per heavy atom. The van der Waals surface area contributed by atoms with Gasteiger partial charge in [-0.15, -0.1) is 0 Å². The Labute approximate surface area is 146 Å². The maximum Gasteiger partial charge on any atom is 0.259 e. The first-order chi connectivity index (χ1) is 12.1. The van der Waals surface area contributed by atoms with Crippen LogP contribution in [0.5, 0.6) is 23.1 Å². The van der Waals surface area contributed by atoms with Crippen LogP contribution < -0.4 is 18.9 Å². The smallest absolute Gasteiger partial charge is 0.259 e. The minimum Gasteiger partial charge on any atom is -0.493 e. The van der Waals surface area contributed by atoms with Gasteiger partial charge in [0, 0.05) is 17.8 Å². The first-order valence-corrected chi connectivity index (χ1v) is 8.24. The first kappa shape index (κ1) is 16.9. The number of nitrogens with one attached hydrogen (secondary N) is 1. The molecule has 0 aliphatic heterocycles. The standard InChI is InChI=1S/C16H15N3O5S/c1-22-14-7-12-13(8-15(14)23-2)18-16(9-17-12)24-11-5-3-10(4-6-11)19-25(20)21/h3-9,19H,1-2H3,(H,20,21). The molecule has 3 rings (SSSR count). The highest BCUT2D eigenvalue weighted by atomic mass is 32.2. The monoisotopic (exact) mass is 361 g/mol. The van der Waals surface area contributed by atoms with E-state index < -0.39 is 11.3 Å². The molecule has 9 heteroatoms. The van der Waals surface area contributed by atoms with Crippen molar-refractivity contribution in [3.63, 3.8) is 0 Å². The lowest BCUT2D eigenvalue weighted by Gasteiger charge is -2.10. The summed E-state index contributed by atoms with van der Waals surface area (Å²) in [6.07, 6.45) is 1.50. The summed E-state index contributed by atoms with van der Waals surface area (Å²) in [6.45, 7) is 0. The zero-order chi connectivity index (χ0) is 17.8. The number of methoxy groups -OCH3 is 2. The van der Waals surface area contributed by atoms with E-state index in [2.05, 4.69) is 14.7 Å². The van der Waals surface area contributed by atoms with Gasteiger partial charge >= 0.3 is 0 Å². The quantitative estimate of drug-likeness (QED) is 0.651. The number of rotatable bonds is 6. The SMILES string of the molecule is COc1cc2ncc(Oc3ccc(NS(=O)O)cc3)nc2cc1OC. The molecule has 0 saturated carbocycles.